The summed E-state index contributed by atoms with van der Waals surface area (Å²) in [6.45, 7) is 0.100. The van der Waals surface area contributed by atoms with Gasteiger partial charge in [-0.25, -0.2) is 9.18 Å². The lowest BCUT2D eigenvalue weighted by atomic mass is 10.1. The molecule has 0 aliphatic rings. The molecule has 0 radical (unpaired) electrons. The van der Waals surface area contributed by atoms with E-state index in [2.05, 4.69) is 5.16 Å². The number of halogens is 4. The van der Waals surface area contributed by atoms with E-state index < -0.39 is 11.6 Å². The van der Waals surface area contributed by atoms with Gasteiger partial charge in [-0.15, -0.1) is 0 Å². The van der Waals surface area contributed by atoms with Gasteiger partial charge >= 0.3 is 5.76 Å². The molecule has 124 valence electrons. The largest absolute Gasteiger partial charge is 0.441 e. The summed E-state index contributed by atoms with van der Waals surface area (Å²) in [5.41, 5.74) is 0.855. The highest BCUT2D eigenvalue weighted by Crippen LogP contribution is 2.26. The SMILES string of the molecule is O=c1onc(Cc2c(F)cccc2Cl)n1Cc1cccc(Cl)c1Cl. The van der Waals surface area contributed by atoms with Crippen LogP contribution in [-0.2, 0) is 13.0 Å². The van der Waals surface area contributed by atoms with Crippen molar-refractivity contribution in [1.29, 1.82) is 0 Å². The fourth-order valence-corrected chi connectivity index (χ4v) is 2.89. The molecular formula is C16H10Cl3FN2O2. The number of hydrogen-bond donors (Lipinski definition) is 0. The zero-order valence-corrected chi connectivity index (χ0v) is 14.4. The summed E-state index contributed by atoms with van der Waals surface area (Å²) in [5.74, 6) is -0.915. The van der Waals surface area contributed by atoms with Crippen LogP contribution in [0.2, 0.25) is 15.1 Å². The van der Waals surface area contributed by atoms with Crippen molar-refractivity contribution in [1.82, 2.24) is 9.72 Å². The summed E-state index contributed by atoms with van der Waals surface area (Å²) in [5, 5.41) is 4.67. The first kappa shape index (κ1) is 17.0. The Hall–Kier alpha value is -1.82. The fraction of sp³-hybridized carbons (Fsp3) is 0.125. The Morgan fingerprint density at radius 3 is 2.54 bits per heavy atom. The van der Waals surface area contributed by atoms with Gasteiger partial charge in [0, 0.05) is 17.0 Å². The lowest BCUT2D eigenvalue weighted by Crippen LogP contribution is -2.18. The molecule has 1 heterocycles. The van der Waals surface area contributed by atoms with Gasteiger partial charge in [-0.1, -0.05) is 58.2 Å². The number of rotatable bonds is 4. The average Bonchev–Trinajstić information content (AvgIpc) is 2.88. The summed E-state index contributed by atoms with van der Waals surface area (Å²) in [7, 11) is 0. The Kier molecular flexibility index (Phi) is 4.94. The van der Waals surface area contributed by atoms with Crippen LogP contribution in [0.25, 0.3) is 0 Å². The molecule has 0 unspecified atom stereocenters. The third kappa shape index (κ3) is 3.34. The molecule has 0 amide bonds. The van der Waals surface area contributed by atoms with Crippen LogP contribution in [0, 0.1) is 5.82 Å². The third-order valence-electron chi connectivity index (χ3n) is 3.52. The van der Waals surface area contributed by atoms with Crippen LogP contribution in [0.4, 0.5) is 4.39 Å². The molecule has 0 atom stereocenters. The second kappa shape index (κ2) is 6.97. The van der Waals surface area contributed by atoms with Gasteiger partial charge in [0.25, 0.3) is 0 Å². The van der Waals surface area contributed by atoms with Crippen molar-refractivity contribution in [2.75, 3.05) is 0 Å². The van der Waals surface area contributed by atoms with Crippen molar-refractivity contribution in [2.45, 2.75) is 13.0 Å². The van der Waals surface area contributed by atoms with Gasteiger partial charge in [-0.05, 0) is 23.8 Å². The Labute approximate surface area is 151 Å². The quantitative estimate of drug-likeness (QED) is 0.658. The molecular weight excluding hydrogens is 378 g/mol. The van der Waals surface area contributed by atoms with E-state index in [9.17, 15) is 9.18 Å². The van der Waals surface area contributed by atoms with Crippen LogP contribution < -0.4 is 5.76 Å². The summed E-state index contributed by atoms with van der Waals surface area (Å²) in [6, 6.07) is 9.45. The summed E-state index contributed by atoms with van der Waals surface area (Å²) < 4.78 is 19.9. The van der Waals surface area contributed by atoms with Crippen molar-refractivity contribution >= 4 is 34.8 Å². The molecule has 3 aromatic rings. The number of hydrogen-bond acceptors (Lipinski definition) is 3. The van der Waals surface area contributed by atoms with Crippen molar-refractivity contribution < 1.29 is 8.91 Å². The molecule has 0 N–H and O–H groups in total. The Bertz CT molecular complexity index is 932. The van der Waals surface area contributed by atoms with Gasteiger partial charge in [-0.2, -0.15) is 0 Å². The molecule has 24 heavy (non-hydrogen) atoms. The minimum atomic E-state index is -0.673. The van der Waals surface area contributed by atoms with Gasteiger partial charge in [0.2, 0.25) is 0 Å². The molecule has 2 aromatic carbocycles. The van der Waals surface area contributed by atoms with E-state index in [1.54, 1.807) is 24.3 Å². The normalized spacial score (nSPS) is 11.0. The van der Waals surface area contributed by atoms with E-state index in [1.807, 2.05) is 0 Å². The molecule has 0 aliphatic carbocycles. The summed E-state index contributed by atoms with van der Waals surface area (Å²) >= 11 is 18.1. The highest BCUT2D eigenvalue weighted by Gasteiger charge is 2.17. The fourth-order valence-electron chi connectivity index (χ4n) is 2.28. The van der Waals surface area contributed by atoms with Crippen LogP contribution in [0.15, 0.2) is 45.7 Å². The van der Waals surface area contributed by atoms with E-state index in [0.29, 0.717) is 15.6 Å². The maximum Gasteiger partial charge on any atom is 0.441 e. The van der Waals surface area contributed by atoms with Crippen LogP contribution in [0.3, 0.4) is 0 Å². The molecule has 3 rings (SSSR count). The first-order chi connectivity index (χ1) is 11.5. The second-order valence-corrected chi connectivity index (χ2v) is 6.23. The first-order valence-electron chi connectivity index (χ1n) is 6.88. The monoisotopic (exact) mass is 386 g/mol. The van der Waals surface area contributed by atoms with Crippen molar-refractivity contribution in [2.24, 2.45) is 0 Å². The lowest BCUT2D eigenvalue weighted by molar-refractivity contribution is 0.375. The van der Waals surface area contributed by atoms with Gasteiger partial charge in [-0.3, -0.25) is 9.09 Å². The predicted molar refractivity (Wildman–Crippen MR) is 90.5 cm³/mol. The van der Waals surface area contributed by atoms with E-state index >= 15 is 0 Å². The minimum absolute atomic E-state index is 0.00936. The molecule has 0 fully saturated rings. The number of benzene rings is 2. The van der Waals surface area contributed by atoms with Gasteiger partial charge < -0.3 is 0 Å². The van der Waals surface area contributed by atoms with E-state index in [1.165, 1.54) is 16.7 Å². The number of nitrogens with zero attached hydrogens (tertiary/aromatic N) is 2. The third-order valence-corrected chi connectivity index (χ3v) is 4.73. The first-order valence-corrected chi connectivity index (χ1v) is 8.02. The molecule has 0 bridgehead atoms. The zero-order valence-electron chi connectivity index (χ0n) is 12.1. The maximum absolute atomic E-state index is 13.9. The molecule has 8 heteroatoms. The maximum atomic E-state index is 13.9. The Balaban J connectivity index is 1.98. The highest BCUT2D eigenvalue weighted by molar-refractivity contribution is 6.42. The van der Waals surface area contributed by atoms with Crippen LogP contribution in [0.5, 0.6) is 0 Å². The van der Waals surface area contributed by atoms with Crippen molar-refractivity contribution in [3.63, 3.8) is 0 Å². The summed E-state index contributed by atoms with van der Waals surface area (Å²) in [6.07, 6.45) is 0.00936. The molecule has 0 aliphatic heterocycles. The van der Waals surface area contributed by atoms with Gasteiger partial charge in [0.1, 0.15) is 5.82 Å². The molecule has 0 saturated carbocycles. The van der Waals surface area contributed by atoms with E-state index in [0.717, 1.165) is 0 Å². The smallest absolute Gasteiger partial charge is 0.296 e. The summed E-state index contributed by atoms with van der Waals surface area (Å²) in [4.78, 5) is 11.9. The minimum Gasteiger partial charge on any atom is -0.296 e. The predicted octanol–water partition coefficient (Wildman–Crippen LogP) is 4.57. The molecule has 1 aromatic heterocycles. The highest BCUT2D eigenvalue weighted by atomic mass is 35.5. The topological polar surface area (TPSA) is 48.0 Å². The molecule has 0 spiro atoms. The van der Waals surface area contributed by atoms with E-state index in [-0.39, 0.29) is 29.4 Å². The van der Waals surface area contributed by atoms with Crippen molar-refractivity contribution in [3.05, 3.63) is 84.8 Å². The van der Waals surface area contributed by atoms with Crippen LogP contribution in [0.1, 0.15) is 17.0 Å². The Morgan fingerprint density at radius 2 is 1.79 bits per heavy atom. The second-order valence-electron chi connectivity index (χ2n) is 5.04. The zero-order chi connectivity index (χ0) is 17.3. The van der Waals surface area contributed by atoms with Gasteiger partial charge in [0.05, 0.1) is 16.6 Å². The van der Waals surface area contributed by atoms with Crippen LogP contribution >= 0.6 is 34.8 Å². The molecule has 4 nitrogen and oxygen atoms in total. The average molecular weight is 388 g/mol. The standard InChI is InChI=1S/C16H10Cl3FN2O2/c17-11-4-2-6-13(20)10(11)7-14-21-24-16(23)22(14)8-9-3-1-5-12(18)15(9)19/h1-6H,7-8H2. The van der Waals surface area contributed by atoms with Crippen LogP contribution in [-0.4, -0.2) is 9.72 Å². The van der Waals surface area contributed by atoms with E-state index in [4.69, 9.17) is 39.3 Å². The molecule has 0 saturated heterocycles. The Morgan fingerprint density at radius 1 is 1.08 bits per heavy atom. The number of aromatic nitrogens is 2. The van der Waals surface area contributed by atoms with Crippen molar-refractivity contribution in [3.8, 4) is 0 Å². The van der Waals surface area contributed by atoms with Gasteiger partial charge in [0.15, 0.2) is 5.82 Å². The lowest BCUT2D eigenvalue weighted by Gasteiger charge is -2.09.